The number of carboxylic acid groups (broad SMARTS) is 1. The lowest BCUT2D eigenvalue weighted by Gasteiger charge is -2.16. The van der Waals surface area contributed by atoms with Gasteiger partial charge in [0.2, 0.25) is 0 Å². The Morgan fingerprint density at radius 2 is 1.59 bits per heavy atom. The highest BCUT2D eigenvalue weighted by Gasteiger charge is 2.08. The van der Waals surface area contributed by atoms with Crippen molar-refractivity contribution in [2.75, 3.05) is 7.11 Å². The van der Waals surface area contributed by atoms with E-state index in [1.807, 2.05) is 24.3 Å². The second-order valence-electron chi connectivity index (χ2n) is 4.98. The summed E-state index contributed by atoms with van der Waals surface area (Å²) in [5, 5.41) is 8.91. The average molecular weight is 300 g/mol. The van der Waals surface area contributed by atoms with Crippen LogP contribution in [0.5, 0.6) is 5.75 Å². The maximum Gasteiger partial charge on any atom is 0.335 e. The molecule has 0 aliphatic carbocycles. The van der Waals surface area contributed by atoms with E-state index < -0.39 is 5.97 Å². The quantitative estimate of drug-likeness (QED) is 0.778. The Hall–Kier alpha value is -2.33. The molecule has 116 valence electrons. The van der Waals surface area contributed by atoms with Crippen LogP contribution in [0.1, 0.15) is 30.1 Å². The van der Waals surface area contributed by atoms with Gasteiger partial charge in [-0.15, -0.1) is 0 Å². The largest absolute Gasteiger partial charge is 0.478 e. The summed E-state index contributed by atoms with van der Waals surface area (Å²) in [6.45, 7) is 2.08. The summed E-state index contributed by atoms with van der Waals surface area (Å²) in [6.07, 6.45) is 1.60. The van der Waals surface area contributed by atoms with Crippen LogP contribution in [0.25, 0.3) is 11.1 Å². The summed E-state index contributed by atoms with van der Waals surface area (Å²) in [7, 11) is 1.64. The molecule has 22 heavy (non-hydrogen) atoms. The van der Waals surface area contributed by atoms with Gasteiger partial charge in [0.25, 0.3) is 0 Å². The van der Waals surface area contributed by atoms with E-state index in [-0.39, 0.29) is 11.9 Å². The van der Waals surface area contributed by atoms with Gasteiger partial charge in [0, 0.05) is 13.5 Å². The van der Waals surface area contributed by atoms with E-state index in [0.29, 0.717) is 0 Å². The Balaban J connectivity index is 2.09. The first-order valence-corrected chi connectivity index (χ1v) is 7.27. The van der Waals surface area contributed by atoms with E-state index in [4.69, 9.17) is 14.6 Å². The second-order valence-corrected chi connectivity index (χ2v) is 4.98. The average Bonchev–Trinajstić information content (AvgIpc) is 2.55. The van der Waals surface area contributed by atoms with Crippen LogP contribution in [0.3, 0.4) is 0 Å². The van der Waals surface area contributed by atoms with Crippen molar-refractivity contribution >= 4 is 5.97 Å². The summed E-state index contributed by atoms with van der Waals surface area (Å²) in [5.41, 5.74) is 2.26. The van der Waals surface area contributed by atoms with Crippen LogP contribution in [-0.2, 0) is 4.74 Å². The molecule has 0 saturated carbocycles. The SMILES string of the molecule is CCCC(OC)Oc1ccc(-c2ccc(C(=O)O)cc2)cc1. The molecule has 0 bridgehead atoms. The van der Waals surface area contributed by atoms with Crippen LogP contribution in [0, 0.1) is 0 Å². The number of carboxylic acids is 1. The zero-order valence-electron chi connectivity index (χ0n) is 12.8. The summed E-state index contributed by atoms with van der Waals surface area (Å²) in [5.74, 6) is -0.164. The molecular formula is C18H20O4. The minimum Gasteiger partial charge on any atom is -0.478 e. The number of aromatic carboxylic acids is 1. The Morgan fingerprint density at radius 3 is 2.05 bits per heavy atom. The van der Waals surface area contributed by atoms with Crippen molar-refractivity contribution in [3.8, 4) is 16.9 Å². The van der Waals surface area contributed by atoms with Crippen LogP contribution in [0.2, 0.25) is 0 Å². The number of rotatable bonds is 7. The second kappa shape index (κ2) is 7.61. The molecule has 0 aromatic heterocycles. The van der Waals surface area contributed by atoms with Crippen molar-refractivity contribution in [3.63, 3.8) is 0 Å². The fraction of sp³-hybridized carbons (Fsp3) is 0.278. The first-order chi connectivity index (χ1) is 10.6. The maximum atomic E-state index is 10.8. The lowest BCUT2D eigenvalue weighted by Crippen LogP contribution is -2.18. The predicted molar refractivity (Wildman–Crippen MR) is 85.2 cm³/mol. The molecule has 4 heteroatoms. The number of hydrogen-bond donors (Lipinski definition) is 1. The highest BCUT2D eigenvalue weighted by atomic mass is 16.7. The molecule has 1 unspecified atom stereocenters. The van der Waals surface area contributed by atoms with Gasteiger partial charge >= 0.3 is 5.97 Å². The normalized spacial score (nSPS) is 11.9. The molecule has 0 aliphatic heterocycles. The van der Waals surface area contributed by atoms with E-state index in [1.165, 1.54) is 0 Å². The molecule has 2 rings (SSSR count). The van der Waals surface area contributed by atoms with Gasteiger partial charge in [0.1, 0.15) is 5.75 Å². The van der Waals surface area contributed by atoms with Gasteiger partial charge in [-0.2, -0.15) is 0 Å². The van der Waals surface area contributed by atoms with Gasteiger partial charge in [-0.25, -0.2) is 4.79 Å². The van der Waals surface area contributed by atoms with Crippen LogP contribution < -0.4 is 4.74 Å². The molecule has 0 saturated heterocycles. The Labute approximate surface area is 130 Å². The molecule has 0 radical (unpaired) electrons. The zero-order chi connectivity index (χ0) is 15.9. The third kappa shape index (κ3) is 4.09. The summed E-state index contributed by atoms with van der Waals surface area (Å²) >= 11 is 0. The monoisotopic (exact) mass is 300 g/mol. The van der Waals surface area contributed by atoms with Crippen molar-refractivity contribution in [1.82, 2.24) is 0 Å². The fourth-order valence-electron chi connectivity index (χ4n) is 2.14. The molecule has 1 N–H and O–H groups in total. The predicted octanol–water partition coefficient (Wildman–Crippen LogP) is 4.20. The smallest absolute Gasteiger partial charge is 0.335 e. The van der Waals surface area contributed by atoms with Gasteiger partial charge in [-0.05, 0) is 35.4 Å². The lowest BCUT2D eigenvalue weighted by molar-refractivity contribution is -0.0583. The third-order valence-electron chi connectivity index (χ3n) is 3.37. The molecule has 4 nitrogen and oxygen atoms in total. The Morgan fingerprint density at radius 1 is 1.05 bits per heavy atom. The summed E-state index contributed by atoms with van der Waals surface area (Å²) in [4.78, 5) is 10.8. The van der Waals surface area contributed by atoms with Crippen molar-refractivity contribution in [1.29, 1.82) is 0 Å². The van der Waals surface area contributed by atoms with Gasteiger partial charge in [-0.1, -0.05) is 37.6 Å². The summed E-state index contributed by atoms with van der Waals surface area (Å²) in [6, 6.07) is 14.5. The zero-order valence-corrected chi connectivity index (χ0v) is 12.8. The number of hydrogen-bond acceptors (Lipinski definition) is 3. The van der Waals surface area contributed by atoms with Crippen molar-refractivity contribution < 1.29 is 19.4 Å². The van der Waals surface area contributed by atoms with E-state index in [2.05, 4.69) is 6.92 Å². The number of carbonyl (C=O) groups is 1. The van der Waals surface area contributed by atoms with Crippen LogP contribution in [0.15, 0.2) is 48.5 Å². The molecule has 0 amide bonds. The third-order valence-corrected chi connectivity index (χ3v) is 3.37. The molecule has 2 aromatic rings. The van der Waals surface area contributed by atoms with Crippen molar-refractivity contribution in [3.05, 3.63) is 54.1 Å². The number of methoxy groups -OCH3 is 1. The molecule has 0 spiro atoms. The summed E-state index contributed by atoms with van der Waals surface area (Å²) < 4.78 is 11.0. The molecule has 0 aliphatic rings. The van der Waals surface area contributed by atoms with E-state index in [0.717, 1.165) is 29.7 Å². The van der Waals surface area contributed by atoms with Crippen molar-refractivity contribution in [2.45, 2.75) is 26.1 Å². The standard InChI is InChI=1S/C18H20O4/c1-3-4-17(21-2)22-16-11-9-14(10-12-16)13-5-7-15(8-6-13)18(19)20/h5-12,17H,3-4H2,1-2H3,(H,19,20). The molecule has 0 heterocycles. The first kappa shape index (κ1) is 16.0. The minimum absolute atomic E-state index is 0.231. The topological polar surface area (TPSA) is 55.8 Å². The van der Waals surface area contributed by atoms with Gasteiger partial charge < -0.3 is 14.6 Å². The molecule has 1 atom stereocenters. The van der Waals surface area contributed by atoms with Crippen molar-refractivity contribution in [2.24, 2.45) is 0 Å². The lowest BCUT2D eigenvalue weighted by atomic mass is 10.0. The van der Waals surface area contributed by atoms with Crippen LogP contribution in [-0.4, -0.2) is 24.5 Å². The number of benzene rings is 2. The minimum atomic E-state index is -0.920. The highest BCUT2D eigenvalue weighted by molar-refractivity contribution is 5.88. The van der Waals surface area contributed by atoms with Crippen LogP contribution in [0.4, 0.5) is 0 Å². The Bertz CT molecular complexity index is 602. The fourth-order valence-corrected chi connectivity index (χ4v) is 2.14. The Kier molecular flexibility index (Phi) is 5.55. The van der Waals surface area contributed by atoms with Crippen LogP contribution >= 0.6 is 0 Å². The molecule has 0 fully saturated rings. The van der Waals surface area contributed by atoms with Gasteiger partial charge in [0.05, 0.1) is 5.56 Å². The number of ether oxygens (including phenoxy) is 2. The van der Waals surface area contributed by atoms with Gasteiger partial charge in [-0.3, -0.25) is 0 Å². The maximum absolute atomic E-state index is 10.8. The van der Waals surface area contributed by atoms with E-state index in [1.54, 1.807) is 31.4 Å². The molecular weight excluding hydrogens is 280 g/mol. The molecule has 2 aromatic carbocycles. The van der Waals surface area contributed by atoms with E-state index >= 15 is 0 Å². The van der Waals surface area contributed by atoms with Gasteiger partial charge in [0.15, 0.2) is 6.29 Å². The highest BCUT2D eigenvalue weighted by Crippen LogP contribution is 2.24. The first-order valence-electron chi connectivity index (χ1n) is 7.27. The van der Waals surface area contributed by atoms with E-state index in [9.17, 15) is 4.79 Å².